The van der Waals surface area contributed by atoms with Crippen molar-refractivity contribution < 1.29 is 4.74 Å². The molecule has 2 nitrogen and oxygen atoms in total. The molecule has 0 bridgehead atoms. The van der Waals surface area contributed by atoms with Crippen LogP contribution in [0, 0.1) is 0 Å². The fourth-order valence-electron chi connectivity index (χ4n) is 1.33. The molecule has 0 radical (unpaired) electrons. The third kappa shape index (κ3) is 2.50. The van der Waals surface area contributed by atoms with E-state index in [1.807, 2.05) is 59.6 Å². The number of hydrogen-bond donors (Lipinski definition) is 0. The average molecular weight is 199 g/mol. The molecule has 0 aliphatic rings. The van der Waals surface area contributed by atoms with E-state index < -0.39 is 0 Å². The number of nitrogens with zero attached hydrogens (tertiary/aromatic N) is 1. The molecule has 0 fully saturated rings. The Hall–Kier alpha value is -1.96. The van der Waals surface area contributed by atoms with Crippen LogP contribution in [0.1, 0.15) is 5.56 Å². The van der Waals surface area contributed by atoms with E-state index in [4.69, 9.17) is 4.74 Å². The highest BCUT2D eigenvalue weighted by Gasteiger charge is 1.89. The summed E-state index contributed by atoms with van der Waals surface area (Å²) in [5.41, 5.74) is 1.16. The van der Waals surface area contributed by atoms with Crippen molar-refractivity contribution in [3.8, 4) is 5.75 Å². The van der Waals surface area contributed by atoms with Crippen LogP contribution in [0.25, 0.3) is 12.3 Å². The van der Waals surface area contributed by atoms with Crippen LogP contribution in [0.3, 0.4) is 0 Å². The molecule has 2 rings (SSSR count). The van der Waals surface area contributed by atoms with Gasteiger partial charge in [-0.3, -0.25) is 0 Å². The Morgan fingerprint density at radius 3 is 2.33 bits per heavy atom. The van der Waals surface area contributed by atoms with E-state index in [1.54, 1.807) is 7.11 Å². The maximum Gasteiger partial charge on any atom is 0.118 e. The largest absolute Gasteiger partial charge is 0.497 e. The van der Waals surface area contributed by atoms with Gasteiger partial charge in [-0.05, 0) is 35.9 Å². The molecule has 0 unspecified atom stereocenters. The normalized spacial score (nSPS) is 10.7. The molecule has 2 heteroatoms. The van der Waals surface area contributed by atoms with Crippen molar-refractivity contribution in [2.45, 2.75) is 0 Å². The monoisotopic (exact) mass is 199 g/mol. The standard InChI is InChI=1S/C13H13NO/c1-15-13-6-4-12(5-7-13)8-11-14-9-2-3-10-14/h2-11H,1H3/b11-8+. The summed E-state index contributed by atoms with van der Waals surface area (Å²) in [6, 6.07) is 12.0. The maximum absolute atomic E-state index is 5.09. The minimum atomic E-state index is 0.883. The third-order valence-corrected chi connectivity index (χ3v) is 2.18. The Bertz CT molecular complexity index is 426. The molecular weight excluding hydrogens is 186 g/mol. The summed E-state index contributed by atoms with van der Waals surface area (Å²) in [5.74, 6) is 0.883. The van der Waals surface area contributed by atoms with Crippen molar-refractivity contribution in [2.24, 2.45) is 0 Å². The van der Waals surface area contributed by atoms with E-state index in [0.717, 1.165) is 11.3 Å². The Morgan fingerprint density at radius 1 is 1.07 bits per heavy atom. The summed E-state index contributed by atoms with van der Waals surface area (Å²) >= 11 is 0. The number of ether oxygens (including phenoxy) is 1. The summed E-state index contributed by atoms with van der Waals surface area (Å²) in [7, 11) is 1.67. The zero-order valence-corrected chi connectivity index (χ0v) is 8.63. The van der Waals surface area contributed by atoms with E-state index in [-0.39, 0.29) is 0 Å². The van der Waals surface area contributed by atoms with Crippen molar-refractivity contribution in [1.82, 2.24) is 4.57 Å². The van der Waals surface area contributed by atoms with Gasteiger partial charge in [-0.25, -0.2) is 0 Å². The van der Waals surface area contributed by atoms with Crippen LogP contribution in [-0.2, 0) is 0 Å². The minimum absolute atomic E-state index is 0.883. The van der Waals surface area contributed by atoms with Gasteiger partial charge in [-0.1, -0.05) is 12.1 Å². The van der Waals surface area contributed by atoms with E-state index in [0.29, 0.717) is 0 Å². The van der Waals surface area contributed by atoms with Crippen molar-refractivity contribution >= 4 is 12.3 Å². The molecule has 0 saturated heterocycles. The van der Waals surface area contributed by atoms with E-state index in [9.17, 15) is 0 Å². The quantitative estimate of drug-likeness (QED) is 0.740. The SMILES string of the molecule is COc1ccc(/C=C/n2cccc2)cc1. The predicted molar refractivity (Wildman–Crippen MR) is 62.7 cm³/mol. The molecule has 76 valence electrons. The van der Waals surface area contributed by atoms with Gasteiger partial charge in [0.25, 0.3) is 0 Å². The molecule has 1 heterocycles. The number of aromatic nitrogens is 1. The molecule has 0 aliphatic heterocycles. The molecule has 0 N–H and O–H groups in total. The van der Waals surface area contributed by atoms with Crippen LogP contribution in [-0.4, -0.2) is 11.7 Å². The molecule has 0 amide bonds. The topological polar surface area (TPSA) is 14.2 Å². The Labute approximate surface area is 89.4 Å². The first-order chi connectivity index (χ1) is 7.38. The second-order valence-electron chi connectivity index (χ2n) is 3.22. The van der Waals surface area contributed by atoms with E-state index in [2.05, 4.69) is 6.08 Å². The third-order valence-electron chi connectivity index (χ3n) is 2.18. The van der Waals surface area contributed by atoms with Crippen LogP contribution in [0.4, 0.5) is 0 Å². The first kappa shape index (κ1) is 9.59. The molecule has 0 spiro atoms. The number of benzene rings is 1. The van der Waals surface area contributed by atoms with Crippen LogP contribution in [0.5, 0.6) is 5.75 Å². The van der Waals surface area contributed by atoms with E-state index >= 15 is 0 Å². The van der Waals surface area contributed by atoms with Gasteiger partial charge in [-0.15, -0.1) is 0 Å². The number of methoxy groups -OCH3 is 1. The summed E-state index contributed by atoms with van der Waals surface area (Å²) < 4.78 is 7.09. The van der Waals surface area contributed by atoms with Gasteiger partial charge in [0, 0.05) is 18.6 Å². The first-order valence-electron chi connectivity index (χ1n) is 4.83. The molecule has 15 heavy (non-hydrogen) atoms. The lowest BCUT2D eigenvalue weighted by Gasteiger charge is -1.99. The summed E-state index contributed by atoms with van der Waals surface area (Å²) in [5, 5.41) is 0. The van der Waals surface area contributed by atoms with Gasteiger partial charge in [0.1, 0.15) is 5.75 Å². The highest BCUT2D eigenvalue weighted by Crippen LogP contribution is 2.12. The summed E-state index contributed by atoms with van der Waals surface area (Å²) in [6.45, 7) is 0. The lowest BCUT2D eigenvalue weighted by atomic mass is 10.2. The molecule has 0 aliphatic carbocycles. The Morgan fingerprint density at radius 2 is 1.73 bits per heavy atom. The van der Waals surface area contributed by atoms with Crippen molar-refractivity contribution in [3.05, 3.63) is 54.4 Å². The van der Waals surface area contributed by atoms with Gasteiger partial charge >= 0.3 is 0 Å². The lowest BCUT2D eigenvalue weighted by molar-refractivity contribution is 0.415. The maximum atomic E-state index is 5.09. The molecule has 0 saturated carbocycles. The number of rotatable bonds is 3. The van der Waals surface area contributed by atoms with Gasteiger partial charge in [0.15, 0.2) is 0 Å². The number of hydrogen-bond acceptors (Lipinski definition) is 1. The molecular formula is C13H13NO. The van der Waals surface area contributed by atoms with Gasteiger partial charge in [0.05, 0.1) is 7.11 Å². The smallest absolute Gasteiger partial charge is 0.118 e. The predicted octanol–water partition coefficient (Wildman–Crippen LogP) is 3.12. The minimum Gasteiger partial charge on any atom is -0.497 e. The molecule has 0 atom stereocenters. The van der Waals surface area contributed by atoms with Crippen molar-refractivity contribution in [3.63, 3.8) is 0 Å². The fraction of sp³-hybridized carbons (Fsp3) is 0.0769. The molecule has 1 aromatic heterocycles. The Balaban J connectivity index is 2.11. The highest BCUT2D eigenvalue weighted by molar-refractivity contribution is 5.61. The van der Waals surface area contributed by atoms with Gasteiger partial charge < -0.3 is 9.30 Å². The highest BCUT2D eigenvalue weighted by atomic mass is 16.5. The second kappa shape index (κ2) is 4.51. The zero-order valence-electron chi connectivity index (χ0n) is 8.63. The zero-order chi connectivity index (χ0) is 10.5. The first-order valence-corrected chi connectivity index (χ1v) is 4.83. The lowest BCUT2D eigenvalue weighted by Crippen LogP contribution is -1.82. The molecule has 1 aromatic carbocycles. The van der Waals surface area contributed by atoms with Gasteiger partial charge in [-0.2, -0.15) is 0 Å². The van der Waals surface area contributed by atoms with Crippen LogP contribution in [0.15, 0.2) is 48.8 Å². The second-order valence-corrected chi connectivity index (χ2v) is 3.22. The van der Waals surface area contributed by atoms with E-state index in [1.165, 1.54) is 0 Å². The average Bonchev–Trinajstić information content (AvgIpc) is 2.80. The van der Waals surface area contributed by atoms with Crippen LogP contribution in [0.2, 0.25) is 0 Å². The van der Waals surface area contributed by atoms with Gasteiger partial charge in [0.2, 0.25) is 0 Å². The van der Waals surface area contributed by atoms with Crippen LogP contribution >= 0.6 is 0 Å². The summed E-state index contributed by atoms with van der Waals surface area (Å²) in [6.07, 6.45) is 8.07. The summed E-state index contributed by atoms with van der Waals surface area (Å²) in [4.78, 5) is 0. The van der Waals surface area contributed by atoms with Crippen molar-refractivity contribution in [1.29, 1.82) is 0 Å². The molecule has 2 aromatic rings. The fourth-order valence-corrected chi connectivity index (χ4v) is 1.33. The van der Waals surface area contributed by atoms with Crippen LogP contribution < -0.4 is 4.74 Å². The Kier molecular flexibility index (Phi) is 2.88. The van der Waals surface area contributed by atoms with Crippen molar-refractivity contribution in [2.75, 3.05) is 7.11 Å².